The lowest BCUT2D eigenvalue weighted by Gasteiger charge is -2.31. The molecule has 0 saturated carbocycles. The average Bonchev–Trinajstić information content (AvgIpc) is 3.54. The van der Waals surface area contributed by atoms with Crippen molar-refractivity contribution >= 4 is 11.9 Å². The highest BCUT2D eigenvalue weighted by molar-refractivity contribution is 5.78. The van der Waals surface area contributed by atoms with Crippen molar-refractivity contribution in [1.29, 1.82) is 0 Å². The maximum absolute atomic E-state index is 13.4. The van der Waals surface area contributed by atoms with E-state index in [-0.39, 0.29) is 37.3 Å². The molecule has 212 valence electrons. The highest BCUT2D eigenvalue weighted by Gasteiger charge is 2.48. The zero-order chi connectivity index (χ0) is 27.1. The van der Waals surface area contributed by atoms with Crippen LogP contribution in [0.4, 0.5) is 0 Å². The van der Waals surface area contributed by atoms with E-state index in [1.807, 2.05) is 30.9 Å². The quantitative estimate of drug-likeness (QED) is 0.378. The number of ether oxygens (including phenoxy) is 4. The van der Waals surface area contributed by atoms with Crippen LogP contribution in [0.1, 0.15) is 70.3 Å². The predicted octanol–water partition coefficient (Wildman–Crippen LogP) is 3.82. The van der Waals surface area contributed by atoms with Gasteiger partial charge in [-0.05, 0) is 62.6 Å². The molecule has 4 rings (SSSR count). The van der Waals surface area contributed by atoms with E-state index >= 15 is 0 Å². The van der Waals surface area contributed by atoms with Crippen LogP contribution < -0.4 is 14.2 Å². The number of aliphatic carboxylic acids is 1. The van der Waals surface area contributed by atoms with E-state index in [0.29, 0.717) is 43.4 Å². The lowest BCUT2D eigenvalue weighted by Crippen LogP contribution is -2.44. The third kappa shape index (κ3) is 6.52. The zero-order valence-corrected chi connectivity index (χ0v) is 22.9. The van der Waals surface area contributed by atoms with Crippen LogP contribution in [0, 0.1) is 5.92 Å². The number of carbonyl (C=O) groups excluding carboxylic acids is 1. The number of amides is 1. The van der Waals surface area contributed by atoms with Gasteiger partial charge in [0.05, 0.1) is 32.3 Å². The molecule has 4 atom stereocenters. The molecule has 2 saturated heterocycles. The summed E-state index contributed by atoms with van der Waals surface area (Å²) < 4.78 is 22.6. The molecule has 3 heterocycles. The van der Waals surface area contributed by atoms with Crippen LogP contribution in [0.3, 0.4) is 0 Å². The number of hydroxylamine groups is 2. The summed E-state index contributed by atoms with van der Waals surface area (Å²) in [6.07, 6.45) is 6.28. The van der Waals surface area contributed by atoms with E-state index in [1.54, 1.807) is 7.11 Å². The molecule has 10 nitrogen and oxygen atoms in total. The third-order valence-corrected chi connectivity index (χ3v) is 7.70. The van der Waals surface area contributed by atoms with Gasteiger partial charge in [0.2, 0.25) is 12.5 Å². The molecule has 3 aliphatic rings. The first-order chi connectivity index (χ1) is 18.5. The van der Waals surface area contributed by atoms with Gasteiger partial charge in [-0.15, -0.1) is 0 Å². The number of fused-ring (bicyclic) bond motifs is 1. The lowest BCUT2D eigenvalue weighted by atomic mass is 9.83. The molecule has 0 aliphatic carbocycles. The molecule has 3 aliphatic heterocycles. The Hall–Kier alpha value is -2.56. The Morgan fingerprint density at radius 3 is 2.68 bits per heavy atom. The van der Waals surface area contributed by atoms with Crippen LogP contribution >= 0.6 is 0 Å². The number of methoxy groups -OCH3 is 1. The first-order valence-corrected chi connectivity index (χ1v) is 14.0. The van der Waals surface area contributed by atoms with Gasteiger partial charge in [0.1, 0.15) is 0 Å². The molecule has 0 spiro atoms. The first-order valence-electron chi connectivity index (χ1n) is 14.0. The number of rotatable bonds is 13. The number of carboxylic acids is 1. The van der Waals surface area contributed by atoms with Gasteiger partial charge < -0.3 is 24.1 Å². The average molecular weight is 535 g/mol. The van der Waals surface area contributed by atoms with Gasteiger partial charge in [0.25, 0.3) is 5.91 Å². The van der Waals surface area contributed by atoms with Gasteiger partial charge in [0.15, 0.2) is 11.5 Å². The second kappa shape index (κ2) is 13.5. The number of nitrogens with zero attached hydrogens (tertiary/aromatic N) is 2. The summed E-state index contributed by atoms with van der Waals surface area (Å²) in [6.45, 7) is 6.33. The Morgan fingerprint density at radius 2 is 2.00 bits per heavy atom. The van der Waals surface area contributed by atoms with Gasteiger partial charge in [-0.1, -0.05) is 13.8 Å². The molecule has 10 heteroatoms. The summed E-state index contributed by atoms with van der Waals surface area (Å²) in [6, 6.07) is 3.37. The van der Waals surface area contributed by atoms with E-state index in [4.69, 9.17) is 23.8 Å². The minimum absolute atomic E-state index is 0.0951. The summed E-state index contributed by atoms with van der Waals surface area (Å²) in [5.74, 6) is -0.474. The SMILES string of the molecule is CCCON(CCC)C(=O)CN1C[C@H](c2cc(OC)c3c(c2)OCO3)[C@@H](C(=O)O)[C@@H]1CCC1CCCCO1. The van der Waals surface area contributed by atoms with Crippen molar-refractivity contribution in [2.45, 2.75) is 76.9 Å². The van der Waals surface area contributed by atoms with Crippen molar-refractivity contribution in [2.75, 3.05) is 46.8 Å². The second-order valence-electron chi connectivity index (χ2n) is 10.3. The van der Waals surface area contributed by atoms with Gasteiger partial charge >= 0.3 is 5.97 Å². The summed E-state index contributed by atoms with van der Waals surface area (Å²) in [5, 5.41) is 11.9. The number of hydrogen-bond donors (Lipinski definition) is 1. The van der Waals surface area contributed by atoms with Crippen LogP contribution in [0.5, 0.6) is 17.2 Å². The van der Waals surface area contributed by atoms with Crippen LogP contribution in [-0.4, -0.2) is 85.8 Å². The maximum Gasteiger partial charge on any atom is 0.308 e. The number of hydrogen-bond acceptors (Lipinski definition) is 8. The van der Waals surface area contributed by atoms with Crippen molar-refractivity contribution < 1.29 is 38.5 Å². The topological polar surface area (TPSA) is 107 Å². The van der Waals surface area contributed by atoms with Crippen molar-refractivity contribution in [3.05, 3.63) is 17.7 Å². The number of carboxylic acid groups (broad SMARTS) is 1. The molecule has 2 fully saturated rings. The van der Waals surface area contributed by atoms with Crippen LogP contribution in [-0.2, 0) is 19.2 Å². The second-order valence-corrected chi connectivity index (χ2v) is 10.3. The fraction of sp³-hybridized carbons (Fsp3) is 0.714. The van der Waals surface area contributed by atoms with Crippen molar-refractivity contribution in [2.24, 2.45) is 5.92 Å². The van der Waals surface area contributed by atoms with Crippen LogP contribution in [0.15, 0.2) is 12.1 Å². The standard InChI is InChI=1S/C28H42N2O8/c1-4-11-30(38-12-5-2)25(31)17-29-16-21(19-14-23(34-3)27-24(15-19)36-18-37-27)26(28(32)33)22(29)10-9-20-8-6-7-13-35-20/h14-15,20-22,26H,4-13,16-18H2,1-3H3,(H,32,33)/t20?,21-,22+,26-/m1/s1. The highest BCUT2D eigenvalue weighted by Crippen LogP contribution is 2.47. The minimum Gasteiger partial charge on any atom is -0.493 e. The van der Waals surface area contributed by atoms with E-state index < -0.39 is 11.9 Å². The van der Waals surface area contributed by atoms with E-state index in [2.05, 4.69) is 0 Å². The minimum atomic E-state index is -0.871. The highest BCUT2D eigenvalue weighted by atomic mass is 16.7. The molecule has 1 aromatic carbocycles. The van der Waals surface area contributed by atoms with Gasteiger partial charge in [-0.2, -0.15) is 0 Å². The number of benzene rings is 1. The van der Waals surface area contributed by atoms with E-state index in [1.165, 1.54) is 5.06 Å². The summed E-state index contributed by atoms with van der Waals surface area (Å²) in [5.41, 5.74) is 0.806. The first kappa shape index (κ1) is 28.4. The third-order valence-electron chi connectivity index (χ3n) is 7.70. The van der Waals surface area contributed by atoms with Crippen LogP contribution in [0.2, 0.25) is 0 Å². The summed E-state index contributed by atoms with van der Waals surface area (Å²) in [4.78, 5) is 33.9. The smallest absolute Gasteiger partial charge is 0.308 e. The maximum atomic E-state index is 13.4. The Labute approximate surface area is 225 Å². The predicted molar refractivity (Wildman–Crippen MR) is 139 cm³/mol. The van der Waals surface area contributed by atoms with Gasteiger partial charge in [0, 0.05) is 31.7 Å². The number of carbonyl (C=O) groups is 2. The molecule has 0 bridgehead atoms. The Kier molecular flexibility index (Phi) is 10.1. The van der Waals surface area contributed by atoms with Gasteiger partial charge in [-0.3, -0.25) is 19.3 Å². The van der Waals surface area contributed by atoms with E-state index in [9.17, 15) is 14.7 Å². The molecular weight excluding hydrogens is 492 g/mol. The molecule has 1 aromatic rings. The molecule has 1 unspecified atom stereocenters. The van der Waals surface area contributed by atoms with Crippen molar-refractivity contribution in [3.63, 3.8) is 0 Å². The summed E-state index contributed by atoms with van der Waals surface area (Å²) in [7, 11) is 1.56. The largest absolute Gasteiger partial charge is 0.493 e. The summed E-state index contributed by atoms with van der Waals surface area (Å²) >= 11 is 0. The van der Waals surface area contributed by atoms with Crippen molar-refractivity contribution in [1.82, 2.24) is 9.96 Å². The Morgan fingerprint density at radius 1 is 1.16 bits per heavy atom. The normalized spacial score (nSPS) is 24.9. The molecular formula is C28H42N2O8. The van der Waals surface area contributed by atoms with E-state index in [0.717, 1.165) is 50.7 Å². The van der Waals surface area contributed by atoms with Crippen LogP contribution in [0.25, 0.3) is 0 Å². The fourth-order valence-corrected chi connectivity index (χ4v) is 5.86. The zero-order valence-electron chi connectivity index (χ0n) is 22.9. The molecule has 0 radical (unpaired) electrons. The Bertz CT molecular complexity index is 951. The monoisotopic (exact) mass is 534 g/mol. The van der Waals surface area contributed by atoms with Crippen molar-refractivity contribution in [3.8, 4) is 17.2 Å². The molecule has 1 N–H and O–H groups in total. The number of likely N-dealkylation sites (tertiary alicyclic amines) is 1. The lowest BCUT2D eigenvalue weighted by molar-refractivity contribution is -0.188. The molecule has 38 heavy (non-hydrogen) atoms. The fourth-order valence-electron chi connectivity index (χ4n) is 5.86. The molecule has 1 amide bonds. The molecule has 0 aromatic heterocycles. The Balaban J connectivity index is 1.60. The van der Waals surface area contributed by atoms with Gasteiger partial charge in [-0.25, -0.2) is 5.06 Å².